The summed E-state index contributed by atoms with van der Waals surface area (Å²) in [6.45, 7) is 12.8. The number of cyclic esters (lactones) is 1. The van der Waals surface area contributed by atoms with Crippen molar-refractivity contribution in [2.24, 2.45) is 17.8 Å². The van der Waals surface area contributed by atoms with Crippen LogP contribution in [0.15, 0.2) is 24.3 Å². The zero-order valence-corrected chi connectivity index (χ0v) is 32.9. The quantitative estimate of drug-likeness (QED) is 0.194. The van der Waals surface area contributed by atoms with Crippen molar-refractivity contribution in [1.29, 1.82) is 0 Å². The van der Waals surface area contributed by atoms with E-state index in [0.717, 1.165) is 12.1 Å². The lowest BCUT2D eigenvalue weighted by molar-refractivity contribution is -0.304. The average molecular weight is 764 g/mol. The molecule has 2 aliphatic rings. The Labute approximate surface area is 312 Å². The first-order chi connectivity index (χ1) is 24.4. The fourth-order valence-corrected chi connectivity index (χ4v) is 7.99. The topological polar surface area (TPSA) is 173 Å². The summed E-state index contributed by atoms with van der Waals surface area (Å²) in [6, 6.07) is 3.71. The highest BCUT2D eigenvalue weighted by Gasteiger charge is 2.54. The second-order valence-corrected chi connectivity index (χ2v) is 16.3. The first kappa shape index (κ1) is 45.5. The number of hydrogen-bond acceptors (Lipinski definition) is 12. The molecule has 2 fully saturated rings. The number of aliphatic hydroxyl groups excluding tert-OH is 2. The van der Waals surface area contributed by atoms with Crippen LogP contribution in [0.1, 0.15) is 85.8 Å². The minimum atomic E-state index is -4.56. The Morgan fingerprint density at radius 2 is 1.72 bits per heavy atom. The third-order valence-corrected chi connectivity index (χ3v) is 11.4. The maximum absolute atomic E-state index is 14.1. The molecule has 2 aliphatic heterocycles. The molecule has 0 radical (unpaired) electrons. The van der Waals surface area contributed by atoms with Gasteiger partial charge in [-0.2, -0.15) is 13.2 Å². The number of halogens is 3. The largest absolute Gasteiger partial charge is 0.459 e. The summed E-state index contributed by atoms with van der Waals surface area (Å²) in [4.78, 5) is 15.9. The summed E-state index contributed by atoms with van der Waals surface area (Å²) in [5, 5.41) is 65.5. The molecule has 1 aromatic carbocycles. The molecule has 2 heterocycles. The third kappa shape index (κ3) is 10.9. The van der Waals surface area contributed by atoms with Gasteiger partial charge in [-0.15, -0.1) is 0 Å². The average Bonchev–Trinajstić information content (AvgIpc) is 3.07. The zero-order chi connectivity index (χ0) is 40.3. The van der Waals surface area contributed by atoms with Gasteiger partial charge in [0.2, 0.25) is 0 Å². The van der Waals surface area contributed by atoms with Crippen LogP contribution in [-0.2, 0) is 31.7 Å². The lowest BCUT2D eigenvalue weighted by Crippen LogP contribution is -2.64. The van der Waals surface area contributed by atoms with Crippen molar-refractivity contribution in [2.45, 2.75) is 153 Å². The van der Waals surface area contributed by atoms with Crippen LogP contribution >= 0.6 is 0 Å². The number of nitrogens with one attached hydrogen (secondary N) is 2. The number of alkyl halides is 3. The molecule has 0 aliphatic carbocycles. The molecule has 0 spiro atoms. The van der Waals surface area contributed by atoms with Gasteiger partial charge in [-0.1, -0.05) is 39.0 Å². The van der Waals surface area contributed by atoms with Gasteiger partial charge in [-0.3, -0.25) is 4.79 Å². The van der Waals surface area contributed by atoms with Crippen molar-refractivity contribution in [3.05, 3.63) is 35.4 Å². The van der Waals surface area contributed by atoms with E-state index in [0.29, 0.717) is 13.0 Å². The van der Waals surface area contributed by atoms with Crippen LogP contribution in [0.2, 0.25) is 0 Å². The molecule has 306 valence electrons. The zero-order valence-electron chi connectivity index (χ0n) is 32.9. The SMILES string of the molecule is CC[C@H]1OC(=O)C(C)[C@@](O)(CNCc2cccc(C(F)(F)F)c2)[C@H](C)[C@@H](O[C@@H]2O[C@H](C)C[C@H](N(C)C)[C@H]2O)[C@@](C)(O)C[C@@H](C)CN[C@H](C)[C@@H](O)[C@]1(C)O. The van der Waals surface area contributed by atoms with Crippen LogP contribution in [0, 0.1) is 17.8 Å². The van der Waals surface area contributed by atoms with Crippen LogP contribution in [-0.4, -0.2) is 129 Å². The summed E-state index contributed by atoms with van der Waals surface area (Å²) >= 11 is 0. The molecule has 14 atom stereocenters. The molecule has 0 bridgehead atoms. The lowest BCUT2D eigenvalue weighted by Gasteiger charge is -2.49. The predicted octanol–water partition coefficient (Wildman–Crippen LogP) is 2.81. The van der Waals surface area contributed by atoms with E-state index in [9.17, 15) is 43.5 Å². The molecule has 0 aromatic heterocycles. The van der Waals surface area contributed by atoms with Gasteiger partial charge in [-0.25, -0.2) is 0 Å². The Kier molecular flexibility index (Phi) is 15.4. The standard InChI is InChI=1S/C38H64F3N3O9/c1-11-29-36(8,49)31(46)25(6)43-18-21(2)17-35(7,48)32(53-34-30(45)28(44(9)10)15-22(3)51-34)23(4)37(50,24(5)33(47)52-29)20-42-19-26-13-12-14-27(16-26)38(39,40)41/h12-14,16,21-25,28-32,34,42-43,45-46,48-50H,11,15,17-20H2,1-10H3/t21-,22-,23-,24?,25-,28+,29-,30-,31-,32-,34+,35+,36-,37-/m1/s1. The summed E-state index contributed by atoms with van der Waals surface area (Å²) in [6.07, 6.45) is -10.4. The maximum Gasteiger partial charge on any atom is 0.416 e. The van der Waals surface area contributed by atoms with Crippen LogP contribution in [0.4, 0.5) is 13.2 Å². The van der Waals surface area contributed by atoms with Crippen LogP contribution in [0.5, 0.6) is 0 Å². The van der Waals surface area contributed by atoms with Crippen molar-refractivity contribution in [3.8, 4) is 0 Å². The second-order valence-electron chi connectivity index (χ2n) is 16.3. The van der Waals surface area contributed by atoms with Gasteiger partial charge < -0.3 is 55.3 Å². The molecule has 3 rings (SSSR count). The van der Waals surface area contributed by atoms with E-state index in [2.05, 4.69) is 10.6 Å². The third-order valence-electron chi connectivity index (χ3n) is 11.4. The Morgan fingerprint density at radius 1 is 1.08 bits per heavy atom. The number of ether oxygens (including phenoxy) is 3. The van der Waals surface area contributed by atoms with E-state index in [-0.39, 0.29) is 49.6 Å². The van der Waals surface area contributed by atoms with E-state index in [1.807, 2.05) is 32.8 Å². The van der Waals surface area contributed by atoms with Crippen molar-refractivity contribution < 1.29 is 57.7 Å². The summed E-state index contributed by atoms with van der Waals surface area (Å²) < 4.78 is 58.9. The second kappa shape index (κ2) is 17.9. The summed E-state index contributed by atoms with van der Waals surface area (Å²) in [7, 11) is 3.64. The first-order valence-corrected chi connectivity index (χ1v) is 18.7. The highest BCUT2D eigenvalue weighted by Crippen LogP contribution is 2.40. The van der Waals surface area contributed by atoms with Crippen LogP contribution in [0.25, 0.3) is 0 Å². The minimum Gasteiger partial charge on any atom is -0.459 e. The molecule has 2 saturated heterocycles. The fraction of sp³-hybridized carbons (Fsp3) is 0.816. The summed E-state index contributed by atoms with van der Waals surface area (Å²) in [5.41, 5.74) is -6.31. The monoisotopic (exact) mass is 763 g/mol. The van der Waals surface area contributed by atoms with Crippen molar-refractivity contribution in [3.63, 3.8) is 0 Å². The van der Waals surface area contributed by atoms with E-state index in [4.69, 9.17) is 14.2 Å². The normalized spacial score (nSPS) is 41.4. The molecule has 12 nitrogen and oxygen atoms in total. The maximum atomic E-state index is 14.1. The molecule has 1 aromatic rings. The highest BCUT2D eigenvalue weighted by molar-refractivity contribution is 5.74. The Hall–Kier alpha value is -1.92. The van der Waals surface area contributed by atoms with Crippen molar-refractivity contribution in [1.82, 2.24) is 15.5 Å². The van der Waals surface area contributed by atoms with Gasteiger partial charge >= 0.3 is 12.1 Å². The number of nitrogens with zero attached hydrogens (tertiary/aromatic N) is 1. The number of carbonyl (C=O) groups excluding carboxylic acids is 1. The number of esters is 1. The Bertz CT molecular complexity index is 1340. The molecule has 7 N–H and O–H groups in total. The molecular weight excluding hydrogens is 699 g/mol. The Morgan fingerprint density at radius 3 is 2.30 bits per heavy atom. The number of hydrogen-bond donors (Lipinski definition) is 7. The Balaban J connectivity index is 2.14. The molecule has 1 unspecified atom stereocenters. The van der Waals surface area contributed by atoms with Gasteiger partial charge in [0.1, 0.15) is 23.9 Å². The number of rotatable bonds is 8. The first-order valence-electron chi connectivity index (χ1n) is 18.7. The molecule has 0 saturated carbocycles. The highest BCUT2D eigenvalue weighted by atomic mass is 19.4. The molecule has 53 heavy (non-hydrogen) atoms. The molecule has 0 amide bonds. The van der Waals surface area contributed by atoms with E-state index in [1.54, 1.807) is 27.7 Å². The van der Waals surface area contributed by atoms with Gasteiger partial charge in [-0.05, 0) is 92.1 Å². The van der Waals surface area contributed by atoms with Crippen molar-refractivity contribution >= 4 is 5.97 Å². The summed E-state index contributed by atoms with van der Waals surface area (Å²) in [5.74, 6) is -3.67. The van der Waals surface area contributed by atoms with Gasteiger partial charge in [0, 0.05) is 31.1 Å². The fourth-order valence-electron chi connectivity index (χ4n) is 7.99. The van der Waals surface area contributed by atoms with Crippen LogP contribution < -0.4 is 10.6 Å². The number of aliphatic hydroxyl groups is 5. The van der Waals surface area contributed by atoms with E-state index < -0.39 is 83.1 Å². The predicted molar refractivity (Wildman–Crippen MR) is 192 cm³/mol. The smallest absolute Gasteiger partial charge is 0.416 e. The van der Waals surface area contributed by atoms with E-state index in [1.165, 1.54) is 26.0 Å². The van der Waals surface area contributed by atoms with Gasteiger partial charge in [0.25, 0.3) is 0 Å². The lowest BCUT2D eigenvalue weighted by atomic mass is 9.70. The number of carbonyl (C=O) groups is 1. The van der Waals surface area contributed by atoms with Gasteiger partial charge in [0.15, 0.2) is 6.29 Å². The van der Waals surface area contributed by atoms with Gasteiger partial charge in [0.05, 0.1) is 34.9 Å². The minimum absolute atomic E-state index is 0.0911. The number of likely N-dealkylation sites (N-methyl/N-ethyl adjacent to an activating group) is 1. The van der Waals surface area contributed by atoms with E-state index >= 15 is 0 Å². The van der Waals surface area contributed by atoms with Crippen molar-refractivity contribution in [2.75, 3.05) is 27.2 Å². The number of benzene rings is 1. The van der Waals surface area contributed by atoms with Crippen LogP contribution in [0.3, 0.4) is 0 Å². The molecular formula is C38H64F3N3O9. The molecule has 15 heteroatoms.